The van der Waals surface area contributed by atoms with E-state index in [1.165, 1.54) is 6.33 Å². The summed E-state index contributed by atoms with van der Waals surface area (Å²) in [4.78, 5) is 8.72. The number of fused-ring (bicyclic) bond motifs is 1. The van der Waals surface area contributed by atoms with Crippen molar-refractivity contribution in [1.82, 2.24) is 19.6 Å². The average molecular weight is 347 g/mol. The minimum Gasteiger partial charge on any atom is -0.340 e. The molecule has 25 heavy (non-hydrogen) atoms. The van der Waals surface area contributed by atoms with Gasteiger partial charge in [0.05, 0.1) is 16.3 Å². The molecule has 2 aromatic carbocycles. The van der Waals surface area contributed by atoms with Crippen molar-refractivity contribution in [3.05, 3.63) is 71.5 Å². The third kappa shape index (κ3) is 2.89. The second kappa shape index (κ2) is 6.23. The quantitative estimate of drug-likeness (QED) is 0.605. The highest BCUT2D eigenvalue weighted by Crippen LogP contribution is 2.26. The van der Waals surface area contributed by atoms with E-state index in [1.807, 2.05) is 42.5 Å². The van der Waals surface area contributed by atoms with Crippen LogP contribution in [0.3, 0.4) is 0 Å². The summed E-state index contributed by atoms with van der Waals surface area (Å²) in [6.45, 7) is 0. The molecule has 0 unspecified atom stereocenters. The number of aromatic nitrogens is 4. The van der Waals surface area contributed by atoms with Crippen molar-refractivity contribution in [3.63, 3.8) is 0 Å². The standard InChI is InChI=1S/C18H11ClN6/c19-15-8-14(7-6-13(15)10-20)23-17-9-16(12-4-2-1-3-5-12)24-18-21-11-22-25(17)18/h1-9,11,23H. The van der Waals surface area contributed by atoms with Crippen LogP contribution in [0.5, 0.6) is 0 Å². The molecule has 4 rings (SSSR count). The van der Waals surface area contributed by atoms with E-state index in [-0.39, 0.29) is 0 Å². The predicted molar refractivity (Wildman–Crippen MR) is 95.7 cm³/mol. The monoisotopic (exact) mass is 346 g/mol. The van der Waals surface area contributed by atoms with Crippen molar-refractivity contribution in [2.24, 2.45) is 0 Å². The van der Waals surface area contributed by atoms with Gasteiger partial charge in [-0.2, -0.15) is 19.9 Å². The zero-order valence-corrected chi connectivity index (χ0v) is 13.6. The average Bonchev–Trinajstić information content (AvgIpc) is 3.11. The molecule has 0 amide bonds. The molecule has 0 saturated heterocycles. The summed E-state index contributed by atoms with van der Waals surface area (Å²) < 4.78 is 1.61. The maximum absolute atomic E-state index is 8.99. The smallest absolute Gasteiger partial charge is 0.254 e. The first-order valence-electron chi connectivity index (χ1n) is 7.47. The molecule has 2 heterocycles. The van der Waals surface area contributed by atoms with Crippen LogP contribution < -0.4 is 5.32 Å². The zero-order valence-electron chi connectivity index (χ0n) is 12.9. The third-order valence-electron chi connectivity index (χ3n) is 3.68. The number of nitriles is 1. The van der Waals surface area contributed by atoms with Gasteiger partial charge >= 0.3 is 0 Å². The molecule has 1 N–H and O–H groups in total. The highest BCUT2D eigenvalue weighted by molar-refractivity contribution is 6.32. The molecule has 2 aromatic heterocycles. The zero-order chi connectivity index (χ0) is 17.2. The van der Waals surface area contributed by atoms with Crippen LogP contribution >= 0.6 is 11.6 Å². The molecule has 6 nitrogen and oxygen atoms in total. The van der Waals surface area contributed by atoms with Crippen molar-refractivity contribution in [3.8, 4) is 17.3 Å². The topological polar surface area (TPSA) is 78.9 Å². The Balaban J connectivity index is 1.80. The van der Waals surface area contributed by atoms with Crippen molar-refractivity contribution < 1.29 is 0 Å². The molecular weight excluding hydrogens is 336 g/mol. The SMILES string of the molecule is N#Cc1ccc(Nc2cc(-c3ccccc3)nc3ncnn23)cc1Cl. The van der Waals surface area contributed by atoms with Gasteiger partial charge in [0, 0.05) is 17.3 Å². The molecule has 0 fully saturated rings. The van der Waals surface area contributed by atoms with Gasteiger partial charge in [0.25, 0.3) is 5.78 Å². The maximum Gasteiger partial charge on any atom is 0.254 e. The Hall–Kier alpha value is -3.43. The number of halogens is 1. The van der Waals surface area contributed by atoms with Crippen LogP contribution in [-0.2, 0) is 0 Å². The van der Waals surface area contributed by atoms with Crippen molar-refractivity contribution in [1.29, 1.82) is 5.26 Å². The van der Waals surface area contributed by atoms with E-state index in [2.05, 4.69) is 20.4 Å². The molecule has 0 aliphatic rings. The van der Waals surface area contributed by atoms with Crippen LogP contribution in [0.2, 0.25) is 5.02 Å². The molecule has 0 saturated carbocycles. The highest BCUT2D eigenvalue weighted by Gasteiger charge is 2.10. The fraction of sp³-hybridized carbons (Fsp3) is 0. The van der Waals surface area contributed by atoms with Crippen molar-refractivity contribution >= 4 is 28.9 Å². The Morgan fingerprint density at radius 2 is 1.92 bits per heavy atom. The first-order valence-corrected chi connectivity index (χ1v) is 7.85. The second-order valence-electron chi connectivity index (χ2n) is 5.30. The Morgan fingerprint density at radius 3 is 2.68 bits per heavy atom. The van der Waals surface area contributed by atoms with Gasteiger partial charge in [-0.25, -0.2) is 4.98 Å². The third-order valence-corrected chi connectivity index (χ3v) is 4.00. The van der Waals surface area contributed by atoms with Crippen molar-refractivity contribution in [2.75, 3.05) is 5.32 Å². The highest BCUT2D eigenvalue weighted by atomic mass is 35.5. The van der Waals surface area contributed by atoms with Crippen LogP contribution in [0.1, 0.15) is 5.56 Å². The minimum atomic E-state index is 0.389. The van der Waals surface area contributed by atoms with Crippen LogP contribution in [-0.4, -0.2) is 19.6 Å². The van der Waals surface area contributed by atoms with Gasteiger partial charge in [-0.05, 0) is 18.2 Å². The molecule has 0 aliphatic heterocycles. The van der Waals surface area contributed by atoms with Gasteiger partial charge in [0.2, 0.25) is 0 Å². The van der Waals surface area contributed by atoms with E-state index in [4.69, 9.17) is 16.9 Å². The normalized spacial score (nSPS) is 10.6. The molecule has 0 bridgehead atoms. The van der Waals surface area contributed by atoms with Gasteiger partial charge in [0.1, 0.15) is 18.2 Å². The van der Waals surface area contributed by atoms with E-state index >= 15 is 0 Å². The molecule has 4 aromatic rings. The van der Waals surface area contributed by atoms with Gasteiger partial charge < -0.3 is 5.32 Å². The summed E-state index contributed by atoms with van der Waals surface area (Å²) in [5.74, 6) is 1.19. The van der Waals surface area contributed by atoms with E-state index in [0.29, 0.717) is 22.2 Å². The fourth-order valence-corrected chi connectivity index (χ4v) is 2.71. The molecule has 7 heteroatoms. The van der Waals surface area contributed by atoms with Crippen LogP contribution in [0.15, 0.2) is 60.9 Å². The molecule has 120 valence electrons. The lowest BCUT2D eigenvalue weighted by molar-refractivity contribution is 0.948. The molecule has 0 radical (unpaired) electrons. The van der Waals surface area contributed by atoms with Gasteiger partial charge in [-0.3, -0.25) is 0 Å². The Morgan fingerprint density at radius 1 is 1.08 bits per heavy atom. The summed E-state index contributed by atoms with van der Waals surface area (Å²) in [6, 6.07) is 18.9. The maximum atomic E-state index is 8.99. The Kier molecular flexibility index (Phi) is 3.77. The Labute approximate surface area is 148 Å². The number of nitrogens with zero attached hydrogens (tertiary/aromatic N) is 5. The van der Waals surface area contributed by atoms with E-state index in [0.717, 1.165) is 16.9 Å². The van der Waals surface area contributed by atoms with Crippen LogP contribution in [0.4, 0.5) is 11.5 Å². The largest absolute Gasteiger partial charge is 0.340 e. The number of rotatable bonds is 3. The number of benzene rings is 2. The molecule has 0 atom stereocenters. The van der Waals surface area contributed by atoms with Gasteiger partial charge in [-0.1, -0.05) is 41.9 Å². The number of nitrogens with one attached hydrogen (secondary N) is 1. The first kappa shape index (κ1) is 15.1. The second-order valence-corrected chi connectivity index (χ2v) is 5.70. The van der Waals surface area contributed by atoms with E-state index in [9.17, 15) is 0 Å². The number of hydrogen-bond acceptors (Lipinski definition) is 5. The molecule has 0 spiro atoms. The lowest BCUT2D eigenvalue weighted by Crippen LogP contribution is -2.02. The summed E-state index contributed by atoms with van der Waals surface area (Å²) in [7, 11) is 0. The van der Waals surface area contributed by atoms with Crippen molar-refractivity contribution in [2.45, 2.75) is 0 Å². The summed E-state index contributed by atoms with van der Waals surface area (Å²) >= 11 is 6.11. The summed E-state index contributed by atoms with van der Waals surface area (Å²) in [5.41, 5.74) is 2.93. The van der Waals surface area contributed by atoms with Crippen LogP contribution in [0.25, 0.3) is 17.0 Å². The lowest BCUT2D eigenvalue weighted by atomic mass is 10.1. The van der Waals surface area contributed by atoms with Gasteiger partial charge in [0.15, 0.2) is 0 Å². The van der Waals surface area contributed by atoms with Gasteiger partial charge in [-0.15, -0.1) is 0 Å². The number of hydrogen-bond donors (Lipinski definition) is 1. The minimum absolute atomic E-state index is 0.389. The van der Waals surface area contributed by atoms with E-state index in [1.54, 1.807) is 22.7 Å². The van der Waals surface area contributed by atoms with Crippen LogP contribution in [0, 0.1) is 11.3 Å². The fourth-order valence-electron chi connectivity index (χ4n) is 2.49. The number of anilines is 2. The Bertz CT molecular complexity index is 1100. The lowest BCUT2D eigenvalue weighted by Gasteiger charge is -2.10. The van der Waals surface area contributed by atoms with E-state index < -0.39 is 0 Å². The molecular formula is C18H11ClN6. The first-order chi connectivity index (χ1) is 12.2. The summed E-state index contributed by atoms with van der Waals surface area (Å²) in [5, 5.41) is 16.8. The summed E-state index contributed by atoms with van der Waals surface area (Å²) in [6.07, 6.45) is 1.45. The predicted octanol–water partition coefficient (Wildman–Crippen LogP) is 4.06. The molecule has 0 aliphatic carbocycles.